The van der Waals surface area contributed by atoms with Gasteiger partial charge in [0, 0.05) is 18.7 Å². The van der Waals surface area contributed by atoms with Crippen LogP contribution in [0.4, 0.5) is 19.0 Å². The summed E-state index contributed by atoms with van der Waals surface area (Å²) in [7, 11) is 1.76. The minimum Gasteiger partial charge on any atom is -0.334 e. The molecule has 24 heavy (non-hydrogen) atoms. The average Bonchev–Trinajstić information content (AvgIpc) is 2.88. The molecule has 0 fully saturated rings. The summed E-state index contributed by atoms with van der Waals surface area (Å²) in [5, 5.41) is 2.68. The number of carbonyl (C=O) groups is 1. The minimum atomic E-state index is -4.45. The van der Waals surface area contributed by atoms with Crippen LogP contribution in [0.5, 0.6) is 0 Å². The number of nitrogens with one attached hydrogen (secondary N) is 1. The van der Waals surface area contributed by atoms with Gasteiger partial charge in [-0.2, -0.15) is 13.2 Å². The Balaban J connectivity index is 1.90. The molecule has 2 aromatic heterocycles. The van der Waals surface area contributed by atoms with Crippen LogP contribution in [0, 0.1) is 0 Å². The quantitative estimate of drug-likeness (QED) is 0.710. The first-order valence-corrected chi connectivity index (χ1v) is 7.09. The summed E-state index contributed by atoms with van der Waals surface area (Å²) in [6, 6.07) is 5.47. The van der Waals surface area contributed by atoms with Crippen LogP contribution in [0.25, 0.3) is 11.0 Å². The fourth-order valence-electron chi connectivity index (χ4n) is 2.17. The summed E-state index contributed by atoms with van der Waals surface area (Å²) in [5.74, 6) is -0.464. The van der Waals surface area contributed by atoms with E-state index in [1.165, 1.54) is 6.33 Å². The van der Waals surface area contributed by atoms with Gasteiger partial charge in [-0.05, 0) is 24.3 Å². The lowest BCUT2D eigenvalue weighted by atomic mass is 10.1. The highest BCUT2D eigenvalue weighted by Gasteiger charge is 2.30. The topological polar surface area (TPSA) is 59.8 Å². The summed E-state index contributed by atoms with van der Waals surface area (Å²) in [6.45, 7) is 0. The molecular formula is C15H10ClF3N4O. The van der Waals surface area contributed by atoms with Gasteiger partial charge < -0.3 is 9.88 Å². The Labute approximate surface area is 139 Å². The van der Waals surface area contributed by atoms with E-state index < -0.39 is 17.6 Å². The van der Waals surface area contributed by atoms with Crippen molar-refractivity contribution in [1.82, 2.24) is 14.5 Å². The van der Waals surface area contributed by atoms with Crippen LogP contribution in [0.1, 0.15) is 15.9 Å². The molecule has 1 amide bonds. The number of amides is 1. The normalized spacial score (nSPS) is 11.7. The zero-order chi connectivity index (χ0) is 17.5. The number of anilines is 1. The predicted octanol–water partition coefficient (Wildman–Crippen LogP) is 3.89. The Morgan fingerprint density at radius 3 is 2.54 bits per heavy atom. The summed E-state index contributed by atoms with van der Waals surface area (Å²) in [6.07, 6.45) is -2.92. The van der Waals surface area contributed by atoms with Gasteiger partial charge in [0.05, 0.1) is 17.4 Å². The first kappa shape index (κ1) is 16.3. The number of aromatic nitrogens is 3. The SMILES string of the molecule is Cn1cnc2c(NC(=O)c3ccc(C(F)(F)F)cc3)nc(Cl)cc21. The van der Waals surface area contributed by atoms with E-state index in [0.717, 1.165) is 24.3 Å². The van der Waals surface area contributed by atoms with Gasteiger partial charge in [0.25, 0.3) is 5.91 Å². The second kappa shape index (κ2) is 5.79. The third-order valence-corrected chi connectivity index (χ3v) is 3.58. The number of hydrogen-bond acceptors (Lipinski definition) is 3. The van der Waals surface area contributed by atoms with Crippen molar-refractivity contribution in [2.45, 2.75) is 6.18 Å². The molecule has 1 aromatic carbocycles. The van der Waals surface area contributed by atoms with Crippen molar-refractivity contribution >= 4 is 34.4 Å². The second-order valence-electron chi connectivity index (χ2n) is 5.05. The fourth-order valence-corrected chi connectivity index (χ4v) is 2.36. The molecule has 9 heteroatoms. The van der Waals surface area contributed by atoms with Gasteiger partial charge in [-0.3, -0.25) is 4.79 Å². The Hall–Kier alpha value is -2.61. The molecule has 0 radical (unpaired) electrons. The van der Waals surface area contributed by atoms with E-state index in [1.54, 1.807) is 17.7 Å². The number of hydrogen-bond donors (Lipinski definition) is 1. The van der Waals surface area contributed by atoms with Crippen molar-refractivity contribution in [3.8, 4) is 0 Å². The van der Waals surface area contributed by atoms with Gasteiger partial charge >= 0.3 is 6.18 Å². The maximum absolute atomic E-state index is 12.6. The first-order chi connectivity index (χ1) is 11.3. The van der Waals surface area contributed by atoms with Crippen molar-refractivity contribution in [3.05, 3.63) is 52.9 Å². The second-order valence-corrected chi connectivity index (χ2v) is 5.43. The van der Waals surface area contributed by atoms with Crippen molar-refractivity contribution in [2.75, 3.05) is 5.32 Å². The number of carbonyl (C=O) groups excluding carboxylic acids is 1. The summed E-state index contributed by atoms with van der Waals surface area (Å²) >= 11 is 5.92. The largest absolute Gasteiger partial charge is 0.416 e. The number of aryl methyl sites for hydroxylation is 1. The van der Waals surface area contributed by atoms with Crippen LogP contribution in [0.2, 0.25) is 5.15 Å². The number of benzene rings is 1. The molecule has 3 aromatic rings. The number of nitrogens with zero attached hydrogens (tertiary/aromatic N) is 3. The van der Waals surface area contributed by atoms with Crippen LogP contribution in [0.3, 0.4) is 0 Å². The van der Waals surface area contributed by atoms with Gasteiger partial charge in [0.15, 0.2) is 5.82 Å². The molecule has 0 saturated heterocycles. The monoisotopic (exact) mass is 354 g/mol. The van der Waals surface area contributed by atoms with Crippen molar-refractivity contribution in [2.24, 2.45) is 7.05 Å². The molecule has 0 bridgehead atoms. The predicted molar refractivity (Wildman–Crippen MR) is 82.9 cm³/mol. The van der Waals surface area contributed by atoms with E-state index in [4.69, 9.17) is 11.6 Å². The first-order valence-electron chi connectivity index (χ1n) is 6.72. The summed E-state index contributed by atoms with van der Waals surface area (Å²) < 4.78 is 39.4. The molecule has 124 valence electrons. The maximum atomic E-state index is 12.6. The third kappa shape index (κ3) is 3.05. The van der Waals surface area contributed by atoms with Crippen molar-refractivity contribution < 1.29 is 18.0 Å². The molecule has 5 nitrogen and oxygen atoms in total. The van der Waals surface area contributed by atoms with Gasteiger partial charge in [0.1, 0.15) is 10.7 Å². The zero-order valence-corrected chi connectivity index (χ0v) is 13.0. The van der Waals surface area contributed by atoms with Crippen LogP contribution in [-0.2, 0) is 13.2 Å². The molecule has 1 N–H and O–H groups in total. The van der Waals surface area contributed by atoms with E-state index in [2.05, 4.69) is 15.3 Å². The molecule has 0 spiro atoms. The van der Waals surface area contributed by atoms with Crippen LogP contribution >= 0.6 is 11.6 Å². The van der Waals surface area contributed by atoms with E-state index in [0.29, 0.717) is 11.0 Å². The van der Waals surface area contributed by atoms with Crippen LogP contribution in [-0.4, -0.2) is 20.4 Å². The van der Waals surface area contributed by atoms with E-state index in [9.17, 15) is 18.0 Å². The molecule has 2 heterocycles. The van der Waals surface area contributed by atoms with Gasteiger partial charge in [-0.1, -0.05) is 11.6 Å². The number of halogens is 4. The smallest absolute Gasteiger partial charge is 0.334 e. The molecule has 0 atom stereocenters. The van der Waals surface area contributed by atoms with Crippen molar-refractivity contribution in [3.63, 3.8) is 0 Å². The highest BCUT2D eigenvalue weighted by atomic mass is 35.5. The van der Waals surface area contributed by atoms with Gasteiger partial charge in [-0.25, -0.2) is 9.97 Å². The van der Waals surface area contributed by atoms with Crippen LogP contribution < -0.4 is 5.32 Å². The zero-order valence-electron chi connectivity index (χ0n) is 12.2. The fraction of sp³-hybridized carbons (Fsp3) is 0.133. The Morgan fingerprint density at radius 1 is 1.25 bits per heavy atom. The summed E-state index contributed by atoms with van der Waals surface area (Å²) in [5.41, 5.74) is 0.334. The highest BCUT2D eigenvalue weighted by molar-refractivity contribution is 6.30. The number of imidazole rings is 1. The number of fused-ring (bicyclic) bond motifs is 1. The van der Waals surface area contributed by atoms with E-state index in [-0.39, 0.29) is 16.5 Å². The van der Waals surface area contributed by atoms with E-state index in [1.807, 2.05) is 0 Å². The Morgan fingerprint density at radius 2 is 1.92 bits per heavy atom. The number of alkyl halides is 3. The van der Waals surface area contributed by atoms with Crippen molar-refractivity contribution in [1.29, 1.82) is 0 Å². The number of rotatable bonds is 2. The molecule has 0 aliphatic carbocycles. The molecule has 0 aliphatic rings. The standard InChI is InChI=1S/C15H10ClF3N4O/c1-23-7-20-12-10(23)6-11(16)21-13(12)22-14(24)8-2-4-9(5-3-8)15(17,18)19/h2-7H,1H3,(H,21,22,24). The van der Waals surface area contributed by atoms with Gasteiger partial charge in [-0.15, -0.1) is 0 Å². The minimum absolute atomic E-state index is 0.0638. The molecule has 3 rings (SSSR count). The Bertz CT molecular complexity index is 919. The lowest BCUT2D eigenvalue weighted by molar-refractivity contribution is -0.137. The average molecular weight is 355 g/mol. The highest BCUT2D eigenvalue weighted by Crippen LogP contribution is 2.29. The number of pyridine rings is 1. The molecular weight excluding hydrogens is 345 g/mol. The van der Waals surface area contributed by atoms with Crippen LogP contribution in [0.15, 0.2) is 36.7 Å². The lowest BCUT2D eigenvalue weighted by Gasteiger charge is -2.09. The van der Waals surface area contributed by atoms with Gasteiger partial charge in [0.2, 0.25) is 0 Å². The molecule has 0 unspecified atom stereocenters. The maximum Gasteiger partial charge on any atom is 0.416 e. The summed E-state index contributed by atoms with van der Waals surface area (Å²) in [4.78, 5) is 20.4. The molecule has 0 saturated carbocycles. The lowest BCUT2D eigenvalue weighted by Crippen LogP contribution is -2.14. The van der Waals surface area contributed by atoms with E-state index >= 15 is 0 Å². The Kier molecular flexibility index (Phi) is 3.92. The third-order valence-electron chi connectivity index (χ3n) is 3.39. The molecule has 0 aliphatic heterocycles.